The molecule has 0 aliphatic rings. The Morgan fingerprint density at radius 1 is 1.10 bits per heavy atom. The van der Waals surface area contributed by atoms with Crippen molar-refractivity contribution < 1.29 is 13.2 Å². The highest BCUT2D eigenvalue weighted by Gasteiger charge is 2.17. The number of hydrogen-bond donors (Lipinski definition) is 0. The molecule has 0 aliphatic carbocycles. The summed E-state index contributed by atoms with van der Waals surface area (Å²) in [6.45, 7) is 0.163. The van der Waals surface area contributed by atoms with Crippen LogP contribution in [-0.4, -0.2) is 9.55 Å². The van der Waals surface area contributed by atoms with Crippen molar-refractivity contribution in [3.8, 4) is 0 Å². The molecule has 0 radical (unpaired) electrons. The van der Waals surface area contributed by atoms with E-state index >= 15 is 0 Å². The summed E-state index contributed by atoms with van der Waals surface area (Å²) in [5.41, 5.74) is 0.972. The topological polar surface area (TPSA) is 17.8 Å². The lowest BCUT2D eigenvalue weighted by molar-refractivity contribution is 0.512. The van der Waals surface area contributed by atoms with E-state index in [0.29, 0.717) is 16.9 Å². The molecule has 0 amide bonds. The van der Waals surface area contributed by atoms with Gasteiger partial charge in [0, 0.05) is 6.54 Å². The summed E-state index contributed by atoms with van der Waals surface area (Å²) in [5.74, 6) is -1.88. The zero-order valence-corrected chi connectivity index (χ0v) is 11.5. The van der Waals surface area contributed by atoms with Crippen molar-refractivity contribution >= 4 is 22.6 Å². The lowest BCUT2D eigenvalue weighted by Crippen LogP contribution is -2.05. The zero-order chi connectivity index (χ0) is 15.0. The average Bonchev–Trinajstić information content (AvgIpc) is 2.81. The van der Waals surface area contributed by atoms with Crippen molar-refractivity contribution in [2.75, 3.05) is 0 Å². The van der Waals surface area contributed by atoms with Crippen LogP contribution in [0.1, 0.15) is 11.4 Å². The summed E-state index contributed by atoms with van der Waals surface area (Å²) < 4.78 is 42.2. The molecule has 0 spiro atoms. The maximum absolute atomic E-state index is 14.0. The number of halogens is 4. The molecule has 1 heterocycles. The van der Waals surface area contributed by atoms with E-state index < -0.39 is 17.5 Å². The standard InChI is InChI=1S/C15H10ClF3N2/c16-7-13-20-12-5-4-11(18)14(19)15(12)21(13)8-9-2-1-3-10(17)6-9/h1-6H,7-8H2. The molecule has 0 saturated heterocycles. The van der Waals surface area contributed by atoms with Gasteiger partial charge in [-0.25, -0.2) is 18.2 Å². The first kappa shape index (κ1) is 13.9. The molecule has 0 saturated carbocycles. The Bertz CT molecular complexity index is 814. The summed E-state index contributed by atoms with van der Waals surface area (Å²) in [6.07, 6.45) is 0. The molecular weight excluding hydrogens is 301 g/mol. The van der Waals surface area contributed by atoms with Crippen molar-refractivity contribution in [1.82, 2.24) is 9.55 Å². The minimum absolute atomic E-state index is 0.0370. The Morgan fingerprint density at radius 3 is 2.62 bits per heavy atom. The van der Waals surface area contributed by atoms with Crippen LogP contribution >= 0.6 is 11.6 Å². The first-order valence-electron chi connectivity index (χ1n) is 6.23. The Balaban J connectivity index is 2.18. The Kier molecular flexibility index (Phi) is 3.59. The summed E-state index contributed by atoms with van der Waals surface area (Å²) in [5, 5.41) is 0. The van der Waals surface area contributed by atoms with Crippen LogP contribution in [0.4, 0.5) is 13.2 Å². The average molecular weight is 311 g/mol. The van der Waals surface area contributed by atoms with Crippen LogP contribution in [-0.2, 0) is 12.4 Å². The Hall–Kier alpha value is -2.01. The molecule has 2 nitrogen and oxygen atoms in total. The maximum Gasteiger partial charge on any atom is 0.184 e. The molecule has 21 heavy (non-hydrogen) atoms. The largest absolute Gasteiger partial charge is 0.320 e. The normalized spacial score (nSPS) is 11.2. The Labute approximate surface area is 123 Å². The third-order valence-electron chi connectivity index (χ3n) is 3.23. The van der Waals surface area contributed by atoms with Gasteiger partial charge in [-0.15, -0.1) is 11.6 Å². The van der Waals surface area contributed by atoms with Crippen molar-refractivity contribution in [1.29, 1.82) is 0 Å². The fourth-order valence-corrected chi connectivity index (χ4v) is 2.50. The van der Waals surface area contributed by atoms with Gasteiger partial charge in [-0.05, 0) is 29.8 Å². The van der Waals surface area contributed by atoms with E-state index in [1.807, 2.05) is 0 Å². The number of benzene rings is 2. The van der Waals surface area contributed by atoms with Crippen molar-refractivity contribution in [3.05, 3.63) is 65.2 Å². The van der Waals surface area contributed by atoms with E-state index in [9.17, 15) is 13.2 Å². The van der Waals surface area contributed by atoms with Crippen LogP contribution in [0.15, 0.2) is 36.4 Å². The van der Waals surface area contributed by atoms with Crippen LogP contribution in [0.2, 0.25) is 0 Å². The highest BCUT2D eigenvalue weighted by Crippen LogP contribution is 2.24. The van der Waals surface area contributed by atoms with Gasteiger partial charge in [0.15, 0.2) is 11.6 Å². The smallest absolute Gasteiger partial charge is 0.184 e. The molecule has 1 aromatic heterocycles. The number of hydrogen-bond acceptors (Lipinski definition) is 1. The summed E-state index contributed by atoms with van der Waals surface area (Å²) >= 11 is 5.82. The second kappa shape index (κ2) is 5.41. The van der Waals surface area contributed by atoms with Crippen molar-refractivity contribution in [3.63, 3.8) is 0 Å². The first-order valence-corrected chi connectivity index (χ1v) is 6.77. The van der Waals surface area contributed by atoms with E-state index in [1.165, 1.54) is 22.8 Å². The molecule has 0 fully saturated rings. The van der Waals surface area contributed by atoms with E-state index in [-0.39, 0.29) is 17.9 Å². The fourth-order valence-electron chi connectivity index (χ4n) is 2.30. The van der Waals surface area contributed by atoms with Crippen molar-refractivity contribution in [2.24, 2.45) is 0 Å². The number of aromatic nitrogens is 2. The third kappa shape index (κ3) is 2.49. The fraction of sp³-hybridized carbons (Fsp3) is 0.133. The SMILES string of the molecule is Fc1cccc(Cn2c(CCl)nc3ccc(F)c(F)c32)c1. The van der Waals surface area contributed by atoms with Gasteiger partial charge in [-0.1, -0.05) is 12.1 Å². The van der Waals surface area contributed by atoms with Gasteiger partial charge in [-0.2, -0.15) is 0 Å². The lowest BCUT2D eigenvalue weighted by atomic mass is 10.2. The predicted molar refractivity (Wildman–Crippen MR) is 74.7 cm³/mol. The molecule has 108 valence electrons. The molecule has 3 aromatic rings. The van der Waals surface area contributed by atoms with Crippen LogP contribution in [0.5, 0.6) is 0 Å². The van der Waals surface area contributed by atoms with Gasteiger partial charge in [0.1, 0.15) is 17.2 Å². The number of alkyl halides is 1. The second-order valence-electron chi connectivity index (χ2n) is 4.61. The van der Waals surface area contributed by atoms with E-state index in [2.05, 4.69) is 4.98 Å². The highest BCUT2D eigenvalue weighted by atomic mass is 35.5. The van der Waals surface area contributed by atoms with E-state index in [1.54, 1.807) is 12.1 Å². The minimum Gasteiger partial charge on any atom is -0.320 e. The van der Waals surface area contributed by atoms with Gasteiger partial charge in [0.25, 0.3) is 0 Å². The summed E-state index contributed by atoms with van der Waals surface area (Å²) in [6, 6.07) is 8.32. The molecule has 0 atom stereocenters. The van der Waals surface area contributed by atoms with Crippen LogP contribution in [0.3, 0.4) is 0 Å². The number of nitrogens with zero attached hydrogens (tertiary/aromatic N) is 2. The maximum atomic E-state index is 14.0. The van der Waals surface area contributed by atoms with Gasteiger partial charge >= 0.3 is 0 Å². The van der Waals surface area contributed by atoms with Gasteiger partial charge in [0.2, 0.25) is 0 Å². The molecule has 0 aliphatic heterocycles. The molecule has 0 unspecified atom stereocenters. The molecular formula is C15H10ClF3N2. The molecule has 0 N–H and O–H groups in total. The minimum atomic E-state index is -0.979. The number of rotatable bonds is 3. The van der Waals surface area contributed by atoms with Crippen LogP contribution < -0.4 is 0 Å². The molecule has 0 bridgehead atoms. The lowest BCUT2D eigenvalue weighted by Gasteiger charge is -2.08. The third-order valence-corrected chi connectivity index (χ3v) is 3.47. The van der Waals surface area contributed by atoms with Gasteiger partial charge in [0.05, 0.1) is 11.4 Å². The predicted octanol–water partition coefficient (Wildman–Crippen LogP) is 4.24. The highest BCUT2D eigenvalue weighted by molar-refractivity contribution is 6.16. The van der Waals surface area contributed by atoms with Gasteiger partial charge in [-0.3, -0.25) is 0 Å². The molecule has 6 heteroatoms. The number of fused-ring (bicyclic) bond motifs is 1. The number of imidazole rings is 1. The Morgan fingerprint density at radius 2 is 1.90 bits per heavy atom. The van der Waals surface area contributed by atoms with Gasteiger partial charge < -0.3 is 4.57 Å². The zero-order valence-electron chi connectivity index (χ0n) is 10.8. The second-order valence-corrected chi connectivity index (χ2v) is 4.87. The van der Waals surface area contributed by atoms with Crippen LogP contribution in [0, 0.1) is 17.5 Å². The monoisotopic (exact) mass is 310 g/mol. The summed E-state index contributed by atoms with van der Waals surface area (Å²) in [4.78, 5) is 4.18. The quantitative estimate of drug-likeness (QED) is 0.662. The van der Waals surface area contributed by atoms with Crippen LogP contribution in [0.25, 0.3) is 11.0 Å². The molecule has 2 aromatic carbocycles. The van der Waals surface area contributed by atoms with Crippen molar-refractivity contribution in [2.45, 2.75) is 12.4 Å². The first-order chi connectivity index (χ1) is 10.1. The summed E-state index contributed by atoms with van der Waals surface area (Å²) in [7, 11) is 0. The van der Waals surface area contributed by atoms with E-state index in [4.69, 9.17) is 11.6 Å². The van der Waals surface area contributed by atoms with E-state index in [0.717, 1.165) is 6.07 Å². The molecule has 3 rings (SSSR count).